The van der Waals surface area contributed by atoms with E-state index in [0.29, 0.717) is 5.92 Å². The van der Waals surface area contributed by atoms with Crippen molar-refractivity contribution in [3.63, 3.8) is 0 Å². The normalized spacial score (nSPS) is 16.0. The number of pyridine rings is 2. The zero-order valence-electron chi connectivity index (χ0n) is 29.4. The van der Waals surface area contributed by atoms with Crippen molar-refractivity contribution in [2.45, 2.75) is 6.04 Å². The Labute approximate surface area is 314 Å². The Balaban J connectivity index is 0.967. The third-order valence-corrected chi connectivity index (χ3v) is 10.4. The zero-order chi connectivity index (χ0) is 35.8. The third kappa shape index (κ3) is 6.02. The number of hydrogen-bond donors (Lipinski definition) is 0. The summed E-state index contributed by atoms with van der Waals surface area (Å²) in [5, 5.41) is 1.14. The van der Waals surface area contributed by atoms with Gasteiger partial charge in [0.1, 0.15) is 5.65 Å². The fourth-order valence-corrected chi connectivity index (χ4v) is 7.44. The summed E-state index contributed by atoms with van der Waals surface area (Å²) in [5.41, 5.74) is 13.7. The van der Waals surface area contributed by atoms with E-state index in [9.17, 15) is 0 Å². The number of para-hydroxylation sites is 1. The number of rotatable bonds is 7. The van der Waals surface area contributed by atoms with E-state index < -0.39 is 0 Å². The smallest absolute Gasteiger partial charge is 0.137 e. The zero-order valence-corrected chi connectivity index (χ0v) is 29.4. The molecule has 4 heterocycles. The van der Waals surface area contributed by atoms with Gasteiger partial charge in [-0.15, -0.1) is 0 Å². The van der Waals surface area contributed by atoms with E-state index in [-0.39, 0.29) is 6.04 Å². The lowest BCUT2D eigenvalue weighted by Gasteiger charge is -2.26. The molecule has 0 spiro atoms. The van der Waals surface area contributed by atoms with Gasteiger partial charge in [0.2, 0.25) is 0 Å². The van der Waals surface area contributed by atoms with Crippen LogP contribution in [-0.2, 0) is 0 Å². The summed E-state index contributed by atoms with van der Waals surface area (Å²) < 4.78 is 2.05. The quantitative estimate of drug-likeness (QED) is 0.167. The van der Waals surface area contributed by atoms with Crippen molar-refractivity contribution < 1.29 is 0 Å². The fourth-order valence-electron chi connectivity index (χ4n) is 7.44. The number of dihydropyridines is 1. The predicted molar refractivity (Wildman–Crippen MR) is 223 cm³/mol. The molecular weight excluding hydrogens is 659 g/mol. The summed E-state index contributed by atoms with van der Waals surface area (Å²) in [6, 6.07) is 53.6. The Hall–Kier alpha value is -7.11. The first-order valence-corrected chi connectivity index (χ1v) is 18.3. The van der Waals surface area contributed by atoms with Gasteiger partial charge in [-0.3, -0.25) is 4.99 Å². The van der Waals surface area contributed by atoms with Gasteiger partial charge in [-0.25, -0.2) is 9.97 Å². The SMILES string of the molecule is C1=CC2C=CC(c3ccc(N(c4ccc(-c5ccc(-c6cn7ccccc7n6)cc5)cc4)c4ccc(-c5ccc6ccccc6n5)cc4)cc3)=NC2C=C1. The molecule has 2 unspecified atom stereocenters. The van der Waals surface area contributed by atoms with Gasteiger partial charge in [-0.1, -0.05) is 121 Å². The van der Waals surface area contributed by atoms with Crippen LogP contribution >= 0.6 is 0 Å². The molecule has 1 aliphatic heterocycles. The summed E-state index contributed by atoms with van der Waals surface area (Å²) in [5.74, 6) is 0.333. The lowest BCUT2D eigenvalue weighted by molar-refractivity contribution is 0.680. The summed E-state index contributed by atoms with van der Waals surface area (Å²) in [6.45, 7) is 0. The molecule has 5 nitrogen and oxygen atoms in total. The molecule has 5 heteroatoms. The van der Waals surface area contributed by atoms with E-state index in [4.69, 9.17) is 15.0 Å². The molecule has 2 aliphatic rings. The fraction of sp³-hybridized carbons (Fsp3) is 0.0408. The van der Waals surface area contributed by atoms with Crippen molar-refractivity contribution >= 4 is 39.3 Å². The highest BCUT2D eigenvalue weighted by Crippen LogP contribution is 2.37. The molecule has 0 amide bonds. The molecule has 0 fully saturated rings. The Morgan fingerprint density at radius 3 is 1.83 bits per heavy atom. The van der Waals surface area contributed by atoms with E-state index in [1.54, 1.807) is 0 Å². The lowest BCUT2D eigenvalue weighted by Crippen LogP contribution is -2.20. The van der Waals surface area contributed by atoms with Crippen molar-refractivity contribution in [1.82, 2.24) is 14.4 Å². The number of aliphatic imine (C=N–C) groups is 1. The maximum absolute atomic E-state index is 5.06. The van der Waals surface area contributed by atoms with E-state index in [2.05, 4.69) is 173 Å². The molecule has 1 aliphatic carbocycles. The van der Waals surface area contributed by atoms with Crippen molar-refractivity contribution in [2.24, 2.45) is 10.9 Å². The second-order valence-electron chi connectivity index (χ2n) is 13.7. The van der Waals surface area contributed by atoms with Gasteiger partial charge in [0.05, 0.1) is 28.7 Å². The van der Waals surface area contributed by atoms with Crippen LogP contribution in [0.5, 0.6) is 0 Å². The van der Waals surface area contributed by atoms with Crippen LogP contribution in [0.4, 0.5) is 17.1 Å². The van der Waals surface area contributed by atoms with Gasteiger partial charge in [-0.05, 0) is 83.4 Å². The van der Waals surface area contributed by atoms with Crippen molar-refractivity contribution in [3.05, 3.63) is 206 Å². The van der Waals surface area contributed by atoms with Gasteiger partial charge in [-0.2, -0.15) is 0 Å². The summed E-state index contributed by atoms with van der Waals surface area (Å²) in [6.07, 6.45) is 17.1. The average Bonchev–Trinajstić information content (AvgIpc) is 3.69. The summed E-state index contributed by atoms with van der Waals surface area (Å²) in [4.78, 5) is 17.1. The molecule has 0 saturated carbocycles. The van der Waals surface area contributed by atoms with Crippen LogP contribution < -0.4 is 4.90 Å². The number of anilines is 3. The molecule has 54 heavy (non-hydrogen) atoms. The van der Waals surface area contributed by atoms with Crippen LogP contribution in [0, 0.1) is 5.92 Å². The van der Waals surface area contributed by atoms with Gasteiger partial charge in [0.15, 0.2) is 0 Å². The molecule has 10 rings (SSSR count). The molecule has 0 radical (unpaired) electrons. The minimum Gasteiger partial charge on any atom is -0.311 e. The second kappa shape index (κ2) is 13.5. The topological polar surface area (TPSA) is 45.8 Å². The van der Waals surface area contributed by atoms with Crippen molar-refractivity contribution in [3.8, 4) is 33.6 Å². The Bertz CT molecular complexity index is 2720. The van der Waals surface area contributed by atoms with Gasteiger partial charge < -0.3 is 9.30 Å². The van der Waals surface area contributed by atoms with Crippen LogP contribution in [0.15, 0.2) is 206 Å². The van der Waals surface area contributed by atoms with E-state index in [1.165, 1.54) is 0 Å². The maximum Gasteiger partial charge on any atom is 0.137 e. The first kappa shape index (κ1) is 31.6. The van der Waals surface area contributed by atoms with E-state index in [0.717, 1.165) is 78.5 Å². The minimum absolute atomic E-state index is 0.155. The number of fused-ring (bicyclic) bond motifs is 3. The summed E-state index contributed by atoms with van der Waals surface area (Å²) >= 11 is 0. The molecule has 0 bridgehead atoms. The Morgan fingerprint density at radius 1 is 0.481 bits per heavy atom. The van der Waals surface area contributed by atoms with Crippen LogP contribution in [-0.4, -0.2) is 26.1 Å². The maximum atomic E-state index is 5.06. The highest BCUT2D eigenvalue weighted by atomic mass is 15.1. The van der Waals surface area contributed by atoms with Crippen molar-refractivity contribution in [2.75, 3.05) is 4.90 Å². The second-order valence-corrected chi connectivity index (χ2v) is 13.7. The monoisotopic (exact) mass is 693 g/mol. The standard InChI is InChI=1S/C49H35N5/c1-3-9-44-36(7-1)22-30-46(50-44)38-18-26-42(27-19-38)54(43-28-20-39(21-29-43)47-31-23-37-8-2-4-10-45(37)51-47)41-24-16-35(17-25-41)34-12-14-40(15-13-34)48-33-53-32-6-5-11-49(53)52-48/h1-33,36,44H. The predicted octanol–water partition coefficient (Wildman–Crippen LogP) is 11.8. The van der Waals surface area contributed by atoms with Gasteiger partial charge in [0, 0.05) is 51.9 Å². The van der Waals surface area contributed by atoms with Crippen LogP contribution in [0.2, 0.25) is 0 Å². The van der Waals surface area contributed by atoms with Crippen molar-refractivity contribution in [1.29, 1.82) is 0 Å². The number of hydrogen-bond acceptors (Lipinski definition) is 4. The van der Waals surface area contributed by atoms with Crippen LogP contribution in [0.1, 0.15) is 5.56 Å². The first-order valence-electron chi connectivity index (χ1n) is 18.3. The number of nitrogens with zero attached hydrogens (tertiary/aromatic N) is 5. The largest absolute Gasteiger partial charge is 0.311 e. The average molecular weight is 694 g/mol. The molecule has 3 aromatic heterocycles. The molecule has 256 valence electrons. The number of allylic oxidation sites excluding steroid dienone is 3. The van der Waals surface area contributed by atoms with E-state index >= 15 is 0 Å². The van der Waals surface area contributed by atoms with Crippen LogP contribution in [0.3, 0.4) is 0 Å². The van der Waals surface area contributed by atoms with Crippen LogP contribution in [0.25, 0.3) is 50.2 Å². The van der Waals surface area contributed by atoms with E-state index in [1.807, 2.05) is 36.5 Å². The highest BCUT2D eigenvalue weighted by Gasteiger charge is 2.20. The highest BCUT2D eigenvalue weighted by molar-refractivity contribution is 6.09. The molecule has 8 aromatic rings. The molecule has 0 saturated heterocycles. The minimum atomic E-state index is 0.155. The number of imidazole rings is 1. The van der Waals surface area contributed by atoms with Gasteiger partial charge >= 0.3 is 0 Å². The first-order chi connectivity index (χ1) is 26.7. The molecule has 2 atom stereocenters. The van der Waals surface area contributed by atoms with Gasteiger partial charge in [0.25, 0.3) is 0 Å². The summed E-state index contributed by atoms with van der Waals surface area (Å²) in [7, 11) is 0. The molecule has 0 N–H and O–H groups in total. The number of benzene rings is 5. The Morgan fingerprint density at radius 2 is 1.09 bits per heavy atom. The number of aromatic nitrogens is 3. The third-order valence-electron chi connectivity index (χ3n) is 10.4. The lowest BCUT2D eigenvalue weighted by atomic mass is 9.91. The Kier molecular flexibility index (Phi) is 7.88. The molecule has 5 aromatic carbocycles. The molecular formula is C49H35N5.